The van der Waals surface area contributed by atoms with Crippen LogP contribution in [0.3, 0.4) is 0 Å². The number of thiazole rings is 1. The van der Waals surface area contributed by atoms with Crippen LogP contribution in [0.2, 0.25) is 0 Å². The highest BCUT2D eigenvalue weighted by Gasteiger charge is 2.19. The molecule has 0 saturated carbocycles. The Labute approximate surface area is 109 Å². The minimum atomic E-state index is 0.267. The molecule has 0 radical (unpaired) electrons. The molecule has 0 spiro atoms. The van der Waals surface area contributed by atoms with Gasteiger partial charge >= 0.3 is 0 Å². The van der Waals surface area contributed by atoms with E-state index in [0.29, 0.717) is 6.04 Å². The second kappa shape index (κ2) is 6.47. The molecule has 4 heteroatoms. The Balaban J connectivity index is 2.42. The van der Waals surface area contributed by atoms with Crippen molar-refractivity contribution in [2.24, 2.45) is 5.41 Å². The molecule has 0 aliphatic carbocycles. The summed E-state index contributed by atoms with van der Waals surface area (Å²) in [7, 11) is 1.76. The molecule has 3 nitrogen and oxygen atoms in total. The lowest BCUT2D eigenvalue weighted by molar-refractivity contribution is 0.149. The van der Waals surface area contributed by atoms with Gasteiger partial charge in [0.05, 0.1) is 11.2 Å². The molecule has 1 rings (SSSR count). The van der Waals surface area contributed by atoms with Gasteiger partial charge in [0, 0.05) is 31.2 Å². The molecule has 17 heavy (non-hydrogen) atoms. The van der Waals surface area contributed by atoms with E-state index in [4.69, 9.17) is 4.74 Å². The van der Waals surface area contributed by atoms with Crippen molar-refractivity contribution in [2.45, 2.75) is 40.2 Å². The van der Waals surface area contributed by atoms with Crippen LogP contribution in [0, 0.1) is 12.3 Å². The third-order valence-corrected chi connectivity index (χ3v) is 4.16. The van der Waals surface area contributed by atoms with Crippen LogP contribution in [0.1, 0.15) is 43.8 Å². The molecule has 1 unspecified atom stereocenters. The first-order valence-corrected chi connectivity index (χ1v) is 6.96. The van der Waals surface area contributed by atoms with Crippen molar-refractivity contribution in [3.63, 3.8) is 0 Å². The lowest BCUT2D eigenvalue weighted by Gasteiger charge is -2.26. The molecule has 98 valence electrons. The van der Waals surface area contributed by atoms with Gasteiger partial charge in [0.2, 0.25) is 0 Å². The third kappa shape index (κ3) is 4.74. The first-order valence-electron chi connectivity index (χ1n) is 6.08. The summed E-state index contributed by atoms with van der Waals surface area (Å²) in [4.78, 5) is 5.63. The van der Waals surface area contributed by atoms with Crippen molar-refractivity contribution in [1.29, 1.82) is 0 Å². The minimum Gasteiger partial charge on any atom is -0.385 e. The average Bonchev–Trinajstić information content (AvgIpc) is 2.70. The summed E-state index contributed by atoms with van der Waals surface area (Å²) in [5.41, 5.74) is 3.33. The molecule has 0 saturated heterocycles. The van der Waals surface area contributed by atoms with Crippen molar-refractivity contribution in [1.82, 2.24) is 10.3 Å². The number of ether oxygens (including phenoxy) is 1. The highest BCUT2D eigenvalue weighted by atomic mass is 32.1. The normalized spacial score (nSPS) is 13.9. The smallest absolute Gasteiger partial charge is 0.0798 e. The van der Waals surface area contributed by atoms with E-state index in [-0.39, 0.29) is 5.41 Å². The van der Waals surface area contributed by atoms with Crippen LogP contribution in [0.4, 0.5) is 0 Å². The van der Waals surface area contributed by atoms with Gasteiger partial charge in [-0.15, -0.1) is 11.3 Å². The monoisotopic (exact) mass is 256 g/mol. The van der Waals surface area contributed by atoms with Gasteiger partial charge in [0.25, 0.3) is 0 Å². The van der Waals surface area contributed by atoms with E-state index in [1.807, 2.05) is 5.51 Å². The van der Waals surface area contributed by atoms with Crippen molar-refractivity contribution >= 4 is 11.3 Å². The van der Waals surface area contributed by atoms with Crippen molar-refractivity contribution in [2.75, 3.05) is 20.3 Å². The second-order valence-corrected chi connectivity index (χ2v) is 6.20. The number of hydrogen-bond donors (Lipinski definition) is 1. The summed E-state index contributed by atoms with van der Waals surface area (Å²) < 4.78 is 5.14. The maximum atomic E-state index is 5.14. The predicted octanol–water partition coefficient (Wildman–Crippen LogP) is 3.16. The van der Waals surface area contributed by atoms with Gasteiger partial charge in [-0.05, 0) is 25.7 Å². The van der Waals surface area contributed by atoms with E-state index < -0.39 is 0 Å². The molecule has 0 amide bonds. The number of hydrogen-bond acceptors (Lipinski definition) is 4. The summed E-state index contributed by atoms with van der Waals surface area (Å²) in [5.74, 6) is 0. The lowest BCUT2D eigenvalue weighted by atomic mass is 9.89. The second-order valence-electron chi connectivity index (χ2n) is 5.31. The Bertz CT molecular complexity index is 336. The fraction of sp³-hybridized carbons (Fsp3) is 0.769. The van der Waals surface area contributed by atoms with E-state index in [1.54, 1.807) is 18.4 Å². The van der Waals surface area contributed by atoms with E-state index in [9.17, 15) is 0 Å². The zero-order chi connectivity index (χ0) is 12.9. The molecule has 1 aromatic rings. The van der Waals surface area contributed by atoms with Gasteiger partial charge in [-0.1, -0.05) is 13.8 Å². The molecule has 1 N–H and O–H groups in total. The van der Waals surface area contributed by atoms with Crippen molar-refractivity contribution in [3.05, 3.63) is 16.1 Å². The highest BCUT2D eigenvalue weighted by molar-refractivity contribution is 7.09. The lowest BCUT2D eigenvalue weighted by Crippen LogP contribution is -2.32. The molecule has 0 bridgehead atoms. The van der Waals surface area contributed by atoms with E-state index in [1.165, 1.54) is 4.88 Å². The summed E-state index contributed by atoms with van der Waals surface area (Å²) in [6.07, 6.45) is 1.07. The van der Waals surface area contributed by atoms with Crippen molar-refractivity contribution in [3.8, 4) is 0 Å². The van der Waals surface area contributed by atoms with Crippen LogP contribution >= 0.6 is 11.3 Å². The third-order valence-electron chi connectivity index (χ3n) is 3.05. The van der Waals surface area contributed by atoms with Gasteiger partial charge in [-0.3, -0.25) is 0 Å². The summed E-state index contributed by atoms with van der Waals surface area (Å²) in [6, 6.07) is 0.379. The molecule has 0 aliphatic rings. The SMILES string of the molecule is COCCC(C)(C)CNC(C)c1scnc1C. The van der Waals surface area contributed by atoms with Crippen LogP contribution in [-0.2, 0) is 4.74 Å². The van der Waals surface area contributed by atoms with Crippen LogP contribution in [-0.4, -0.2) is 25.2 Å². The van der Waals surface area contributed by atoms with Crippen LogP contribution in [0.15, 0.2) is 5.51 Å². The zero-order valence-corrected chi connectivity index (χ0v) is 12.4. The summed E-state index contributed by atoms with van der Waals surface area (Å²) >= 11 is 1.73. The van der Waals surface area contributed by atoms with Gasteiger partial charge in [0.1, 0.15) is 0 Å². The van der Waals surface area contributed by atoms with Crippen LogP contribution in [0.25, 0.3) is 0 Å². The van der Waals surface area contributed by atoms with Crippen LogP contribution < -0.4 is 5.32 Å². The molecule has 1 atom stereocenters. The molecule has 0 aromatic carbocycles. The molecule has 0 fully saturated rings. The quantitative estimate of drug-likeness (QED) is 0.813. The fourth-order valence-corrected chi connectivity index (χ4v) is 2.55. The Morgan fingerprint density at radius 2 is 2.24 bits per heavy atom. The first kappa shape index (κ1) is 14.6. The largest absolute Gasteiger partial charge is 0.385 e. The molecule has 1 aromatic heterocycles. The Morgan fingerprint density at radius 1 is 1.53 bits per heavy atom. The number of nitrogens with zero attached hydrogens (tertiary/aromatic N) is 1. The van der Waals surface area contributed by atoms with E-state index in [2.05, 4.69) is 38.0 Å². The maximum Gasteiger partial charge on any atom is 0.0798 e. The van der Waals surface area contributed by atoms with Gasteiger partial charge in [-0.25, -0.2) is 4.98 Å². The van der Waals surface area contributed by atoms with Gasteiger partial charge in [-0.2, -0.15) is 0 Å². The van der Waals surface area contributed by atoms with E-state index >= 15 is 0 Å². The number of methoxy groups -OCH3 is 1. The van der Waals surface area contributed by atoms with Crippen molar-refractivity contribution < 1.29 is 4.74 Å². The predicted molar refractivity (Wildman–Crippen MR) is 73.5 cm³/mol. The highest BCUT2D eigenvalue weighted by Crippen LogP contribution is 2.24. The minimum absolute atomic E-state index is 0.267. The molecule has 1 heterocycles. The Hall–Kier alpha value is -0.450. The molecular weight excluding hydrogens is 232 g/mol. The zero-order valence-electron chi connectivity index (χ0n) is 11.5. The summed E-state index contributed by atoms with van der Waals surface area (Å²) in [6.45, 7) is 10.6. The standard InChI is InChI=1S/C13H24N2OS/c1-10(12-11(2)15-9-17-12)14-8-13(3,4)6-7-16-5/h9-10,14H,6-8H2,1-5H3. The molecule has 0 aliphatic heterocycles. The summed E-state index contributed by atoms with van der Waals surface area (Å²) in [5, 5.41) is 3.59. The topological polar surface area (TPSA) is 34.1 Å². The maximum absolute atomic E-state index is 5.14. The fourth-order valence-electron chi connectivity index (χ4n) is 1.72. The number of aromatic nitrogens is 1. The van der Waals surface area contributed by atoms with Crippen LogP contribution in [0.5, 0.6) is 0 Å². The number of rotatable bonds is 7. The molecular formula is C13H24N2OS. The Kier molecular flexibility index (Phi) is 5.56. The van der Waals surface area contributed by atoms with E-state index in [0.717, 1.165) is 25.3 Å². The Morgan fingerprint density at radius 3 is 2.76 bits per heavy atom. The average molecular weight is 256 g/mol. The number of nitrogens with one attached hydrogen (secondary N) is 1. The number of aryl methyl sites for hydroxylation is 1. The first-order chi connectivity index (χ1) is 7.96. The van der Waals surface area contributed by atoms with Gasteiger partial charge in [0.15, 0.2) is 0 Å². The van der Waals surface area contributed by atoms with Gasteiger partial charge < -0.3 is 10.1 Å².